The summed E-state index contributed by atoms with van der Waals surface area (Å²) < 4.78 is 7.34. The molecule has 1 N–H and O–H groups in total. The molecule has 0 radical (unpaired) electrons. The van der Waals surface area contributed by atoms with Crippen LogP contribution in [0.2, 0.25) is 5.22 Å². The molecule has 1 unspecified atom stereocenters. The molecule has 0 aliphatic carbocycles. The van der Waals surface area contributed by atoms with Crippen LogP contribution in [-0.4, -0.2) is 14.7 Å². The number of rotatable bonds is 4. The van der Waals surface area contributed by atoms with Gasteiger partial charge in [-0.3, -0.25) is 0 Å². The molecule has 1 atom stereocenters. The number of fused-ring (bicyclic) bond motifs is 1. The van der Waals surface area contributed by atoms with E-state index in [1.54, 1.807) is 12.1 Å². The van der Waals surface area contributed by atoms with Crippen molar-refractivity contribution in [2.75, 3.05) is 0 Å². The van der Waals surface area contributed by atoms with Crippen molar-refractivity contribution in [1.29, 1.82) is 0 Å². The van der Waals surface area contributed by atoms with Crippen LogP contribution in [0.15, 0.2) is 40.8 Å². The first-order valence-corrected chi connectivity index (χ1v) is 6.94. The standard InChI is InChI=1S/C15H15ClN2O2/c1-2-18-11-6-4-3-5-10(11)17-15(18)9-12(19)13-7-8-14(16)20-13/h3-8,12,19H,2,9H2,1H3. The van der Waals surface area contributed by atoms with Gasteiger partial charge in [-0.15, -0.1) is 0 Å². The number of hydrogen-bond donors (Lipinski definition) is 1. The van der Waals surface area contributed by atoms with Gasteiger partial charge in [0.1, 0.15) is 17.7 Å². The molecule has 0 amide bonds. The van der Waals surface area contributed by atoms with Crippen LogP contribution in [0.3, 0.4) is 0 Å². The Hall–Kier alpha value is -1.78. The van der Waals surface area contributed by atoms with E-state index in [4.69, 9.17) is 16.0 Å². The van der Waals surface area contributed by atoms with Crippen molar-refractivity contribution in [3.8, 4) is 0 Å². The molecule has 5 heteroatoms. The number of hydrogen-bond acceptors (Lipinski definition) is 3. The summed E-state index contributed by atoms with van der Waals surface area (Å²) in [4.78, 5) is 4.58. The summed E-state index contributed by atoms with van der Waals surface area (Å²) in [6.07, 6.45) is -0.351. The normalized spacial score (nSPS) is 12.9. The largest absolute Gasteiger partial charge is 0.447 e. The molecule has 0 saturated heterocycles. The average molecular weight is 291 g/mol. The Morgan fingerprint density at radius 1 is 1.30 bits per heavy atom. The summed E-state index contributed by atoms with van der Waals surface area (Å²) in [5.41, 5.74) is 2.02. The molecular weight excluding hydrogens is 276 g/mol. The average Bonchev–Trinajstić information content (AvgIpc) is 3.01. The second kappa shape index (κ2) is 5.31. The van der Waals surface area contributed by atoms with Crippen LogP contribution in [0.25, 0.3) is 11.0 Å². The summed E-state index contributed by atoms with van der Waals surface area (Å²) in [7, 11) is 0. The maximum absolute atomic E-state index is 10.2. The zero-order chi connectivity index (χ0) is 14.1. The molecule has 0 aliphatic heterocycles. The van der Waals surface area contributed by atoms with Crippen molar-refractivity contribution in [3.05, 3.63) is 53.2 Å². The van der Waals surface area contributed by atoms with Crippen molar-refractivity contribution in [2.45, 2.75) is 26.0 Å². The predicted octanol–water partition coefficient (Wildman–Crippen LogP) is 3.58. The number of para-hydroxylation sites is 2. The van der Waals surface area contributed by atoms with Gasteiger partial charge < -0.3 is 14.1 Å². The summed E-state index contributed by atoms with van der Waals surface area (Å²) in [5.74, 6) is 1.30. The lowest BCUT2D eigenvalue weighted by Crippen LogP contribution is -2.08. The third-order valence-corrected chi connectivity index (χ3v) is 3.55. The number of imidazole rings is 1. The first-order valence-electron chi connectivity index (χ1n) is 6.56. The second-order valence-electron chi connectivity index (χ2n) is 4.62. The summed E-state index contributed by atoms with van der Waals surface area (Å²) >= 11 is 5.73. The van der Waals surface area contributed by atoms with Gasteiger partial charge in [0.25, 0.3) is 0 Å². The van der Waals surface area contributed by atoms with Gasteiger partial charge in [-0.1, -0.05) is 12.1 Å². The number of furan rings is 1. The fourth-order valence-electron chi connectivity index (χ4n) is 2.41. The lowest BCUT2D eigenvalue weighted by molar-refractivity contribution is 0.147. The Morgan fingerprint density at radius 2 is 2.10 bits per heavy atom. The first-order chi connectivity index (χ1) is 9.69. The number of nitrogens with zero attached hydrogens (tertiary/aromatic N) is 2. The fourth-order valence-corrected chi connectivity index (χ4v) is 2.57. The van der Waals surface area contributed by atoms with Gasteiger partial charge in [0.2, 0.25) is 0 Å². The molecule has 0 spiro atoms. The van der Waals surface area contributed by atoms with Crippen LogP contribution in [0.5, 0.6) is 0 Å². The Kier molecular flexibility index (Phi) is 3.51. The fraction of sp³-hybridized carbons (Fsp3) is 0.267. The highest BCUT2D eigenvalue weighted by atomic mass is 35.5. The van der Waals surface area contributed by atoms with Crippen molar-refractivity contribution in [1.82, 2.24) is 9.55 Å². The van der Waals surface area contributed by atoms with Crippen LogP contribution >= 0.6 is 11.6 Å². The molecule has 0 aliphatic rings. The zero-order valence-corrected chi connectivity index (χ0v) is 11.8. The highest BCUT2D eigenvalue weighted by Gasteiger charge is 2.17. The third-order valence-electron chi connectivity index (χ3n) is 3.35. The van der Waals surface area contributed by atoms with Crippen LogP contribution < -0.4 is 0 Å². The van der Waals surface area contributed by atoms with Crippen molar-refractivity contribution in [3.63, 3.8) is 0 Å². The van der Waals surface area contributed by atoms with E-state index in [1.165, 1.54) is 0 Å². The van der Waals surface area contributed by atoms with Crippen LogP contribution in [0.4, 0.5) is 0 Å². The van der Waals surface area contributed by atoms with Crippen molar-refractivity contribution >= 4 is 22.6 Å². The van der Waals surface area contributed by atoms with Gasteiger partial charge in [0, 0.05) is 13.0 Å². The van der Waals surface area contributed by atoms with Gasteiger partial charge in [0.15, 0.2) is 5.22 Å². The number of aromatic nitrogens is 2. The van der Waals surface area contributed by atoms with Crippen LogP contribution in [0, 0.1) is 0 Å². The quantitative estimate of drug-likeness (QED) is 0.799. The summed E-state index contributed by atoms with van der Waals surface area (Å²) in [5, 5.41) is 10.5. The van der Waals surface area contributed by atoms with E-state index in [9.17, 15) is 5.11 Å². The van der Waals surface area contributed by atoms with E-state index in [1.807, 2.05) is 24.3 Å². The number of benzene rings is 1. The Balaban J connectivity index is 1.94. The van der Waals surface area contributed by atoms with E-state index in [0.717, 1.165) is 23.4 Å². The minimum Gasteiger partial charge on any atom is -0.447 e. The molecule has 2 heterocycles. The van der Waals surface area contributed by atoms with Gasteiger partial charge in [-0.05, 0) is 42.8 Å². The van der Waals surface area contributed by atoms with E-state index >= 15 is 0 Å². The van der Waals surface area contributed by atoms with E-state index in [0.29, 0.717) is 12.2 Å². The monoisotopic (exact) mass is 290 g/mol. The minimum absolute atomic E-state index is 0.281. The summed E-state index contributed by atoms with van der Waals surface area (Å²) in [6.45, 7) is 2.87. The number of halogens is 1. The second-order valence-corrected chi connectivity index (χ2v) is 5.00. The number of aliphatic hydroxyl groups is 1. The SMILES string of the molecule is CCn1c(CC(O)c2ccc(Cl)o2)nc2ccccc21. The maximum Gasteiger partial charge on any atom is 0.193 e. The molecule has 1 aromatic carbocycles. The summed E-state index contributed by atoms with van der Waals surface area (Å²) in [6, 6.07) is 11.3. The molecule has 3 aromatic rings. The Bertz CT molecular complexity index is 732. The molecule has 4 nitrogen and oxygen atoms in total. The maximum atomic E-state index is 10.2. The molecule has 0 saturated carbocycles. The number of aryl methyl sites for hydroxylation is 1. The molecule has 2 aromatic heterocycles. The highest BCUT2D eigenvalue weighted by molar-refractivity contribution is 6.28. The predicted molar refractivity (Wildman–Crippen MR) is 77.8 cm³/mol. The highest BCUT2D eigenvalue weighted by Crippen LogP contribution is 2.24. The molecule has 104 valence electrons. The lowest BCUT2D eigenvalue weighted by atomic mass is 10.2. The van der Waals surface area contributed by atoms with Gasteiger partial charge >= 0.3 is 0 Å². The topological polar surface area (TPSA) is 51.2 Å². The molecular formula is C15H15ClN2O2. The third kappa shape index (κ3) is 2.32. The number of aliphatic hydroxyl groups excluding tert-OH is 1. The smallest absolute Gasteiger partial charge is 0.193 e. The van der Waals surface area contributed by atoms with Gasteiger partial charge in [0.05, 0.1) is 11.0 Å². The van der Waals surface area contributed by atoms with Crippen LogP contribution in [0.1, 0.15) is 24.6 Å². The van der Waals surface area contributed by atoms with Crippen molar-refractivity contribution in [2.24, 2.45) is 0 Å². The molecule has 3 rings (SSSR count). The van der Waals surface area contributed by atoms with E-state index in [-0.39, 0.29) is 5.22 Å². The zero-order valence-electron chi connectivity index (χ0n) is 11.1. The van der Waals surface area contributed by atoms with Crippen molar-refractivity contribution < 1.29 is 9.52 Å². The molecule has 20 heavy (non-hydrogen) atoms. The van der Waals surface area contributed by atoms with Gasteiger partial charge in [-0.2, -0.15) is 0 Å². The molecule has 0 bridgehead atoms. The molecule has 0 fully saturated rings. The minimum atomic E-state index is -0.746. The van der Waals surface area contributed by atoms with Crippen LogP contribution in [-0.2, 0) is 13.0 Å². The van der Waals surface area contributed by atoms with E-state index in [2.05, 4.69) is 16.5 Å². The Morgan fingerprint density at radius 3 is 2.80 bits per heavy atom. The first kappa shape index (κ1) is 13.2. The van der Waals surface area contributed by atoms with Gasteiger partial charge in [-0.25, -0.2) is 4.98 Å². The van der Waals surface area contributed by atoms with E-state index < -0.39 is 6.10 Å². The lowest BCUT2D eigenvalue weighted by Gasteiger charge is -2.09. The Labute approximate surface area is 121 Å².